The molecule has 2 nitrogen and oxygen atoms in total. The number of aliphatic hydroxyl groups excluding tert-OH is 1. The number of rotatable bonds is 5. The Hall–Kier alpha value is -0.570. The molecule has 72 valence electrons. The van der Waals surface area contributed by atoms with E-state index >= 15 is 0 Å². The zero-order chi connectivity index (χ0) is 9.52. The molecule has 0 aliphatic carbocycles. The summed E-state index contributed by atoms with van der Waals surface area (Å²) in [5.74, 6) is 0.280. The van der Waals surface area contributed by atoms with E-state index in [1.165, 1.54) is 5.56 Å². The molecule has 0 aromatic heterocycles. The number of halogens is 1. The third-order valence-electron chi connectivity index (χ3n) is 1.73. The lowest BCUT2D eigenvalue weighted by molar-refractivity contribution is 0.194. The summed E-state index contributed by atoms with van der Waals surface area (Å²) in [6, 6.07) is 10.1. The van der Waals surface area contributed by atoms with Gasteiger partial charge in [-0.1, -0.05) is 30.3 Å². The highest BCUT2D eigenvalue weighted by molar-refractivity contribution is 6.18. The maximum absolute atomic E-state index is 9.14. The first-order chi connectivity index (χ1) is 6.33. The van der Waals surface area contributed by atoms with E-state index in [1.807, 2.05) is 30.3 Å². The summed E-state index contributed by atoms with van der Waals surface area (Å²) in [4.78, 5) is 0. The van der Waals surface area contributed by atoms with Crippen LogP contribution in [-0.2, 0) is 6.54 Å². The minimum atomic E-state index is -0.453. The standard InChI is InChI=1S/C10H14ClNO/c11-6-10(13)8-12-7-9-4-2-1-3-5-9/h1-5,10,12-13H,6-8H2/t10-/m1/s1. The average Bonchev–Trinajstić information content (AvgIpc) is 2.19. The molecule has 3 heteroatoms. The Kier molecular flexibility index (Phi) is 4.83. The van der Waals surface area contributed by atoms with Crippen molar-refractivity contribution in [1.29, 1.82) is 0 Å². The van der Waals surface area contributed by atoms with Crippen molar-refractivity contribution in [2.24, 2.45) is 0 Å². The van der Waals surface area contributed by atoms with Crippen LogP contribution in [0.1, 0.15) is 5.56 Å². The molecule has 0 saturated heterocycles. The Balaban J connectivity index is 2.20. The molecule has 0 heterocycles. The van der Waals surface area contributed by atoms with Crippen molar-refractivity contribution in [2.45, 2.75) is 12.6 Å². The van der Waals surface area contributed by atoms with E-state index in [4.69, 9.17) is 16.7 Å². The Bertz CT molecular complexity index is 228. The molecule has 1 aromatic rings. The Labute approximate surface area is 83.5 Å². The Morgan fingerprint density at radius 2 is 2.00 bits per heavy atom. The van der Waals surface area contributed by atoms with Crippen LogP contribution in [0.15, 0.2) is 30.3 Å². The largest absolute Gasteiger partial charge is 0.391 e. The summed E-state index contributed by atoms with van der Waals surface area (Å²) in [7, 11) is 0. The molecule has 0 saturated carbocycles. The van der Waals surface area contributed by atoms with Crippen LogP contribution in [0.3, 0.4) is 0 Å². The van der Waals surface area contributed by atoms with Crippen LogP contribution in [0.25, 0.3) is 0 Å². The van der Waals surface area contributed by atoms with Crippen LogP contribution in [0.5, 0.6) is 0 Å². The predicted octanol–water partition coefficient (Wildman–Crippen LogP) is 1.38. The van der Waals surface area contributed by atoms with Crippen LogP contribution in [0, 0.1) is 0 Å². The van der Waals surface area contributed by atoms with E-state index in [2.05, 4.69) is 5.32 Å². The second-order valence-corrected chi connectivity index (χ2v) is 3.23. The normalized spacial score (nSPS) is 12.8. The molecular formula is C10H14ClNO. The van der Waals surface area contributed by atoms with Crippen LogP contribution in [0.2, 0.25) is 0 Å². The van der Waals surface area contributed by atoms with E-state index in [-0.39, 0.29) is 5.88 Å². The van der Waals surface area contributed by atoms with Gasteiger partial charge in [-0.15, -0.1) is 11.6 Å². The fourth-order valence-electron chi connectivity index (χ4n) is 1.03. The van der Waals surface area contributed by atoms with Gasteiger partial charge >= 0.3 is 0 Å². The zero-order valence-corrected chi connectivity index (χ0v) is 8.17. The molecule has 1 rings (SSSR count). The topological polar surface area (TPSA) is 32.3 Å². The highest BCUT2D eigenvalue weighted by Gasteiger charge is 1.99. The van der Waals surface area contributed by atoms with Crippen molar-refractivity contribution < 1.29 is 5.11 Å². The van der Waals surface area contributed by atoms with Crippen molar-refractivity contribution in [2.75, 3.05) is 12.4 Å². The van der Waals surface area contributed by atoms with Crippen LogP contribution < -0.4 is 5.32 Å². The number of aliphatic hydroxyl groups is 1. The van der Waals surface area contributed by atoms with E-state index in [9.17, 15) is 0 Å². The molecule has 1 atom stereocenters. The third kappa shape index (κ3) is 4.27. The summed E-state index contributed by atoms with van der Waals surface area (Å²) in [5, 5.41) is 12.3. The van der Waals surface area contributed by atoms with Gasteiger partial charge < -0.3 is 10.4 Å². The van der Waals surface area contributed by atoms with Gasteiger partial charge in [-0.05, 0) is 5.56 Å². The zero-order valence-electron chi connectivity index (χ0n) is 7.41. The van der Waals surface area contributed by atoms with Gasteiger partial charge in [-0.3, -0.25) is 0 Å². The van der Waals surface area contributed by atoms with Gasteiger partial charge in [-0.25, -0.2) is 0 Å². The van der Waals surface area contributed by atoms with Crippen LogP contribution in [0.4, 0.5) is 0 Å². The fourth-order valence-corrected chi connectivity index (χ4v) is 1.14. The van der Waals surface area contributed by atoms with Crippen molar-refractivity contribution >= 4 is 11.6 Å². The average molecular weight is 200 g/mol. The van der Waals surface area contributed by atoms with Gasteiger partial charge in [0.2, 0.25) is 0 Å². The minimum Gasteiger partial charge on any atom is -0.391 e. The second-order valence-electron chi connectivity index (χ2n) is 2.92. The van der Waals surface area contributed by atoms with Gasteiger partial charge in [0.25, 0.3) is 0 Å². The summed E-state index contributed by atoms with van der Waals surface area (Å²) < 4.78 is 0. The second kappa shape index (κ2) is 5.97. The Morgan fingerprint density at radius 1 is 1.31 bits per heavy atom. The lowest BCUT2D eigenvalue weighted by Crippen LogP contribution is -2.27. The third-order valence-corrected chi connectivity index (χ3v) is 2.09. The summed E-state index contributed by atoms with van der Waals surface area (Å²) in [5.41, 5.74) is 1.21. The van der Waals surface area contributed by atoms with E-state index in [0.717, 1.165) is 6.54 Å². The van der Waals surface area contributed by atoms with Crippen LogP contribution in [-0.4, -0.2) is 23.6 Å². The monoisotopic (exact) mass is 199 g/mol. The molecule has 0 unspecified atom stereocenters. The molecule has 0 radical (unpaired) electrons. The van der Waals surface area contributed by atoms with Crippen LogP contribution >= 0.6 is 11.6 Å². The molecule has 0 aliphatic heterocycles. The SMILES string of the molecule is O[C@H](CCl)CNCc1ccccc1. The number of alkyl halides is 1. The summed E-state index contributed by atoms with van der Waals surface area (Å²) in [6.45, 7) is 1.31. The number of hydrogen-bond acceptors (Lipinski definition) is 2. The van der Waals surface area contributed by atoms with Gasteiger partial charge in [0.15, 0.2) is 0 Å². The van der Waals surface area contributed by atoms with E-state index in [0.29, 0.717) is 6.54 Å². The molecule has 0 fully saturated rings. The molecule has 13 heavy (non-hydrogen) atoms. The fraction of sp³-hybridized carbons (Fsp3) is 0.400. The molecule has 0 aliphatic rings. The van der Waals surface area contributed by atoms with Gasteiger partial charge in [0, 0.05) is 19.0 Å². The van der Waals surface area contributed by atoms with Crippen molar-refractivity contribution in [3.8, 4) is 0 Å². The van der Waals surface area contributed by atoms with Gasteiger partial charge in [0.05, 0.1) is 6.10 Å². The molecule has 1 aromatic carbocycles. The highest BCUT2D eigenvalue weighted by atomic mass is 35.5. The summed E-state index contributed by atoms with van der Waals surface area (Å²) >= 11 is 5.44. The molecule has 0 bridgehead atoms. The van der Waals surface area contributed by atoms with Crippen molar-refractivity contribution in [3.05, 3.63) is 35.9 Å². The first kappa shape index (κ1) is 10.5. The van der Waals surface area contributed by atoms with Crippen molar-refractivity contribution in [3.63, 3.8) is 0 Å². The number of nitrogens with one attached hydrogen (secondary N) is 1. The molecular weight excluding hydrogens is 186 g/mol. The maximum atomic E-state index is 9.14. The number of benzene rings is 1. The van der Waals surface area contributed by atoms with Gasteiger partial charge in [-0.2, -0.15) is 0 Å². The predicted molar refractivity (Wildman–Crippen MR) is 54.9 cm³/mol. The molecule has 0 amide bonds. The highest BCUT2D eigenvalue weighted by Crippen LogP contribution is 1.97. The van der Waals surface area contributed by atoms with E-state index in [1.54, 1.807) is 0 Å². The smallest absolute Gasteiger partial charge is 0.0799 e. The van der Waals surface area contributed by atoms with E-state index < -0.39 is 6.10 Å². The lowest BCUT2D eigenvalue weighted by Gasteiger charge is -2.08. The summed E-state index contributed by atoms with van der Waals surface area (Å²) in [6.07, 6.45) is -0.453. The van der Waals surface area contributed by atoms with Crippen molar-refractivity contribution in [1.82, 2.24) is 5.32 Å². The molecule has 0 spiro atoms. The number of hydrogen-bond donors (Lipinski definition) is 2. The first-order valence-electron chi connectivity index (χ1n) is 4.31. The minimum absolute atomic E-state index is 0.280. The maximum Gasteiger partial charge on any atom is 0.0799 e. The molecule has 2 N–H and O–H groups in total. The first-order valence-corrected chi connectivity index (χ1v) is 4.85. The lowest BCUT2D eigenvalue weighted by atomic mass is 10.2. The quantitative estimate of drug-likeness (QED) is 0.703. The van der Waals surface area contributed by atoms with Gasteiger partial charge in [0.1, 0.15) is 0 Å². The Morgan fingerprint density at radius 3 is 2.62 bits per heavy atom.